The van der Waals surface area contributed by atoms with Crippen molar-refractivity contribution in [3.8, 4) is 5.75 Å². The van der Waals surface area contributed by atoms with E-state index in [1.807, 2.05) is 24.3 Å². The second-order valence-electron chi connectivity index (χ2n) is 6.59. The number of para-hydroxylation sites is 2. The molecule has 2 aliphatic rings. The fourth-order valence-corrected chi connectivity index (χ4v) is 3.24. The number of ether oxygens (including phenoxy) is 4. The number of carbonyl (C=O) groups is 2. The van der Waals surface area contributed by atoms with E-state index in [0.717, 1.165) is 32.8 Å². The number of anilines is 1. The number of rotatable bonds is 7. The second kappa shape index (κ2) is 10.6. The molecule has 0 bridgehead atoms. The summed E-state index contributed by atoms with van der Waals surface area (Å²) in [6.45, 7) is 4.46. The van der Waals surface area contributed by atoms with Gasteiger partial charge in [-0.1, -0.05) is 18.2 Å². The fraction of sp³-hybridized carbons (Fsp3) is 0.364. The normalized spacial score (nSPS) is 16.9. The third-order valence-corrected chi connectivity index (χ3v) is 4.78. The Morgan fingerprint density at radius 2 is 1.77 bits per heavy atom. The second-order valence-corrected chi connectivity index (χ2v) is 6.59. The summed E-state index contributed by atoms with van der Waals surface area (Å²) in [5.41, 5.74) is 0.761. The van der Waals surface area contributed by atoms with Gasteiger partial charge in [-0.2, -0.15) is 0 Å². The highest BCUT2D eigenvalue weighted by molar-refractivity contribution is 6.05. The van der Waals surface area contributed by atoms with E-state index in [1.165, 1.54) is 20.3 Å². The Kier molecular flexibility index (Phi) is 7.64. The fourth-order valence-electron chi connectivity index (χ4n) is 3.24. The predicted octanol–water partition coefficient (Wildman–Crippen LogP) is 1.89. The molecule has 0 aliphatic carbocycles. The van der Waals surface area contributed by atoms with E-state index >= 15 is 0 Å². The molecule has 0 amide bonds. The molecule has 8 nitrogen and oxygen atoms in total. The van der Waals surface area contributed by atoms with Gasteiger partial charge in [0.25, 0.3) is 0 Å². The van der Waals surface area contributed by atoms with Gasteiger partial charge in [-0.25, -0.2) is 9.59 Å². The molecule has 2 heterocycles. The number of esters is 2. The summed E-state index contributed by atoms with van der Waals surface area (Å²) < 4.78 is 21.2. The predicted molar refractivity (Wildman–Crippen MR) is 111 cm³/mol. The zero-order chi connectivity index (χ0) is 21.3. The van der Waals surface area contributed by atoms with Crippen molar-refractivity contribution in [2.75, 3.05) is 58.6 Å². The molecule has 0 N–H and O–H groups in total. The van der Waals surface area contributed by atoms with Gasteiger partial charge in [-0.05, 0) is 24.3 Å². The minimum absolute atomic E-state index is 0.0542. The van der Waals surface area contributed by atoms with Crippen LogP contribution < -0.4 is 9.64 Å². The highest BCUT2D eigenvalue weighted by atomic mass is 16.5. The summed E-state index contributed by atoms with van der Waals surface area (Å²) in [4.78, 5) is 28.8. The molecule has 2 aliphatic heterocycles. The minimum Gasteiger partial charge on any atom is -0.490 e. The van der Waals surface area contributed by atoms with Crippen LogP contribution in [0.1, 0.15) is 0 Å². The summed E-state index contributed by atoms with van der Waals surface area (Å²) in [6.07, 6.45) is 6.60. The highest BCUT2D eigenvalue weighted by Gasteiger charge is 2.28. The van der Waals surface area contributed by atoms with E-state index in [0.29, 0.717) is 18.0 Å². The van der Waals surface area contributed by atoms with Gasteiger partial charge in [-0.3, -0.25) is 4.90 Å². The van der Waals surface area contributed by atoms with Crippen molar-refractivity contribution in [3.63, 3.8) is 0 Å². The number of benzene rings is 1. The van der Waals surface area contributed by atoms with Gasteiger partial charge < -0.3 is 23.8 Å². The Bertz CT molecular complexity index is 855. The van der Waals surface area contributed by atoms with Crippen molar-refractivity contribution in [1.29, 1.82) is 0 Å². The molecule has 0 unspecified atom stereocenters. The minimum atomic E-state index is -0.658. The first kappa shape index (κ1) is 21.6. The van der Waals surface area contributed by atoms with Gasteiger partial charge in [-0.15, -0.1) is 0 Å². The Labute approximate surface area is 175 Å². The summed E-state index contributed by atoms with van der Waals surface area (Å²) in [5, 5.41) is 0. The maximum atomic E-state index is 12.6. The SMILES string of the molecule is COC(=O)C1=C(C(=O)OC)N(c2ccccc2OCCN2CCOCC2)C=CC=C1. The maximum absolute atomic E-state index is 12.6. The molecule has 3 rings (SSSR count). The smallest absolute Gasteiger partial charge is 0.355 e. The zero-order valence-electron chi connectivity index (χ0n) is 17.2. The van der Waals surface area contributed by atoms with Crippen LogP contribution in [-0.2, 0) is 23.8 Å². The average Bonchev–Trinajstić information content (AvgIpc) is 3.02. The zero-order valence-corrected chi connectivity index (χ0v) is 17.2. The molecule has 0 saturated carbocycles. The van der Waals surface area contributed by atoms with Crippen LogP contribution >= 0.6 is 0 Å². The topological polar surface area (TPSA) is 77.5 Å². The Morgan fingerprint density at radius 3 is 2.50 bits per heavy atom. The van der Waals surface area contributed by atoms with E-state index in [4.69, 9.17) is 18.9 Å². The first-order chi connectivity index (χ1) is 14.7. The molecule has 1 saturated heterocycles. The molecular weight excluding hydrogens is 388 g/mol. The average molecular weight is 414 g/mol. The van der Waals surface area contributed by atoms with Gasteiger partial charge in [0, 0.05) is 25.8 Å². The van der Waals surface area contributed by atoms with E-state index < -0.39 is 11.9 Å². The number of methoxy groups -OCH3 is 2. The van der Waals surface area contributed by atoms with Crippen molar-refractivity contribution in [3.05, 3.63) is 60.0 Å². The van der Waals surface area contributed by atoms with Crippen LogP contribution in [0.25, 0.3) is 0 Å². The quantitative estimate of drug-likeness (QED) is 0.626. The first-order valence-corrected chi connectivity index (χ1v) is 9.72. The van der Waals surface area contributed by atoms with Crippen LogP contribution in [0.4, 0.5) is 5.69 Å². The molecule has 30 heavy (non-hydrogen) atoms. The van der Waals surface area contributed by atoms with Gasteiger partial charge in [0.15, 0.2) is 0 Å². The highest BCUT2D eigenvalue weighted by Crippen LogP contribution is 2.33. The lowest BCUT2D eigenvalue weighted by Gasteiger charge is -2.27. The lowest BCUT2D eigenvalue weighted by atomic mass is 10.1. The largest absolute Gasteiger partial charge is 0.490 e. The first-order valence-electron chi connectivity index (χ1n) is 9.72. The molecule has 1 aromatic carbocycles. The van der Waals surface area contributed by atoms with Crippen molar-refractivity contribution < 1.29 is 28.5 Å². The van der Waals surface area contributed by atoms with Crippen LogP contribution in [-0.4, -0.2) is 70.5 Å². The van der Waals surface area contributed by atoms with Crippen molar-refractivity contribution in [2.45, 2.75) is 0 Å². The molecule has 0 atom stereocenters. The molecule has 8 heteroatoms. The van der Waals surface area contributed by atoms with Gasteiger partial charge in [0.05, 0.1) is 38.7 Å². The number of carbonyl (C=O) groups excluding carboxylic acids is 2. The third kappa shape index (κ3) is 5.08. The van der Waals surface area contributed by atoms with Gasteiger partial charge in [0.1, 0.15) is 18.1 Å². The number of morpholine rings is 1. The van der Waals surface area contributed by atoms with E-state index in [9.17, 15) is 9.59 Å². The van der Waals surface area contributed by atoms with Gasteiger partial charge in [0.2, 0.25) is 0 Å². The molecule has 0 aromatic heterocycles. The van der Waals surface area contributed by atoms with E-state index in [2.05, 4.69) is 4.90 Å². The Morgan fingerprint density at radius 1 is 1.03 bits per heavy atom. The molecule has 1 aromatic rings. The summed E-state index contributed by atoms with van der Waals surface area (Å²) in [6, 6.07) is 7.34. The monoisotopic (exact) mass is 414 g/mol. The number of allylic oxidation sites excluding steroid dienone is 2. The van der Waals surface area contributed by atoms with Crippen molar-refractivity contribution >= 4 is 17.6 Å². The van der Waals surface area contributed by atoms with E-state index in [1.54, 1.807) is 23.3 Å². The van der Waals surface area contributed by atoms with Crippen LogP contribution in [0.15, 0.2) is 60.0 Å². The number of nitrogens with zero attached hydrogens (tertiary/aromatic N) is 2. The van der Waals surface area contributed by atoms with Crippen molar-refractivity contribution in [1.82, 2.24) is 4.90 Å². The van der Waals surface area contributed by atoms with Crippen molar-refractivity contribution in [2.24, 2.45) is 0 Å². The van der Waals surface area contributed by atoms with Crippen LogP contribution in [0.3, 0.4) is 0 Å². The molecule has 1 fully saturated rings. The van der Waals surface area contributed by atoms with E-state index in [-0.39, 0.29) is 11.3 Å². The molecular formula is C22H26N2O6. The maximum Gasteiger partial charge on any atom is 0.355 e. The lowest BCUT2D eigenvalue weighted by Crippen LogP contribution is -2.38. The molecule has 0 radical (unpaired) electrons. The third-order valence-electron chi connectivity index (χ3n) is 4.78. The van der Waals surface area contributed by atoms with Crippen LogP contribution in [0.2, 0.25) is 0 Å². The lowest BCUT2D eigenvalue weighted by molar-refractivity contribution is -0.139. The number of hydrogen-bond donors (Lipinski definition) is 0. The van der Waals surface area contributed by atoms with Crippen LogP contribution in [0.5, 0.6) is 5.75 Å². The van der Waals surface area contributed by atoms with Gasteiger partial charge >= 0.3 is 11.9 Å². The summed E-state index contributed by atoms with van der Waals surface area (Å²) in [5.74, 6) is -0.705. The van der Waals surface area contributed by atoms with Crippen LogP contribution in [0, 0.1) is 0 Å². The molecule has 0 spiro atoms. The standard InChI is InChI=1S/C22H26N2O6/c1-27-21(25)17-7-5-6-10-24(20(17)22(26)28-2)18-8-3-4-9-19(18)30-16-13-23-11-14-29-15-12-23/h3-10H,11-16H2,1-2H3. The summed E-state index contributed by atoms with van der Waals surface area (Å²) >= 11 is 0. The summed E-state index contributed by atoms with van der Waals surface area (Å²) in [7, 11) is 2.54. The Balaban J connectivity index is 1.88. The molecule has 160 valence electrons. The Hall–Kier alpha value is -3.10. The number of hydrogen-bond acceptors (Lipinski definition) is 8.